The number of aromatic nitrogens is 5. The predicted octanol–water partition coefficient (Wildman–Crippen LogP) is 5.68. The Morgan fingerprint density at radius 3 is 2.62 bits per heavy atom. The lowest BCUT2D eigenvalue weighted by atomic mass is 10.0. The molecule has 0 bridgehead atoms. The second-order valence-electron chi connectivity index (χ2n) is 12.5. The molecule has 2 aromatic carbocycles. The normalized spacial score (nSPS) is 14.3. The van der Waals surface area contributed by atoms with E-state index in [1.807, 2.05) is 55.7 Å². The van der Waals surface area contributed by atoms with Crippen molar-refractivity contribution in [3.05, 3.63) is 124 Å². The van der Waals surface area contributed by atoms with Gasteiger partial charge in [0.1, 0.15) is 23.9 Å². The van der Waals surface area contributed by atoms with Crippen molar-refractivity contribution in [1.82, 2.24) is 35.4 Å². The van der Waals surface area contributed by atoms with Gasteiger partial charge in [0.05, 0.1) is 16.7 Å². The van der Waals surface area contributed by atoms with Gasteiger partial charge in [-0.05, 0) is 73.1 Å². The number of rotatable bonds is 11. The molecule has 0 saturated heterocycles. The van der Waals surface area contributed by atoms with Crippen LogP contribution in [0.4, 0.5) is 4.39 Å². The first kappa shape index (κ1) is 31.2. The van der Waals surface area contributed by atoms with Crippen molar-refractivity contribution in [2.75, 3.05) is 27.2 Å². The van der Waals surface area contributed by atoms with Crippen LogP contribution in [-0.2, 0) is 13.1 Å². The van der Waals surface area contributed by atoms with Crippen LogP contribution in [-0.4, -0.2) is 57.3 Å². The van der Waals surface area contributed by atoms with Gasteiger partial charge in [0.15, 0.2) is 0 Å². The van der Waals surface area contributed by atoms with Gasteiger partial charge in [0.2, 0.25) is 0 Å². The summed E-state index contributed by atoms with van der Waals surface area (Å²) in [4.78, 5) is 14.8. The maximum Gasteiger partial charge on any atom is 0.127 e. The van der Waals surface area contributed by atoms with Crippen LogP contribution in [0.1, 0.15) is 23.6 Å². The molecule has 0 radical (unpaired) electrons. The van der Waals surface area contributed by atoms with Gasteiger partial charge in [0.25, 0.3) is 0 Å². The molecule has 6 aromatic rings. The van der Waals surface area contributed by atoms with E-state index in [0.717, 1.165) is 62.6 Å². The summed E-state index contributed by atoms with van der Waals surface area (Å²) >= 11 is 0. The Labute approximate surface area is 278 Å². The van der Waals surface area contributed by atoms with E-state index in [2.05, 4.69) is 80.9 Å². The number of nitrogens with one attached hydrogen (secondary N) is 3. The fourth-order valence-corrected chi connectivity index (χ4v) is 6.05. The molecule has 0 saturated carbocycles. The van der Waals surface area contributed by atoms with Gasteiger partial charge >= 0.3 is 0 Å². The van der Waals surface area contributed by atoms with Crippen LogP contribution in [0.2, 0.25) is 0 Å². The molecule has 0 unspecified atom stereocenters. The first-order valence-corrected chi connectivity index (χ1v) is 16.1. The van der Waals surface area contributed by atoms with Gasteiger partial charge < -0.3 is 19.9 Å². The number of allylic oxidation sites excluding steroid dienone is 2. The molecule has 242 valence electrons. The molecule has 1 aliphatic rings. The highest BCUT2D eigenvalue weighted by atomic mass is 19.1. The van der Waals surface area contributed by atoms with E-state index >= 15 is 0 Å². The smallest absolute Gasteiger partial charge is 0.127 e. The number of likely N-dealkylation sites (N-methyl/N-ethyl adjacent to an activating group) is 1. The van der Waals surface area contributed by atoms with E-state index < -0.39 is 0 Å². The molecule has 4 aromatic heterocycles. The van der Waals surface area contributed by atoms with Crippen molar-refractivity contribution >= 4 is 28.6 Å². The van der Waals surface area contributed by atoms with Crippen LogP contribution in [0.25, 0.3) is 51.3 Å². The zero-order valence-electron chi connectivity index (χ0n) is 27.3. The first-order valence-electron chi connectivity index (χ1n) is 16.1. The lowest BCUT2D eigenvalue weighted by molar-refractivity contribution is 0.260. The van der Waals surface area contributed by atoms with Gasteiger partial charge in [-0.1, -0.05) is 49.4 Å². The van der Waals surface area contributed by atoms with Crippen LogP contribution >= 0.6 is 0 Å². The number of pyridine rings is 2. The van der Waals surface area contributed by atoms with Crippen LogP contribution in [0, 0.1) is 11.7 Å². The number of nitrogens with zero attached hydrogens (tertiary/aromatic N) is 4. The molecule has 0 amide bonds. The Balaban J connectivity index is 1.20. The van der Waals surface area contributed by atoms with Crippen molar-refractivity contribution < 1.29 is 9.13 Å². The monoisotopic (exact) mass is 639 g/mol. The van der Waals surface area contributed by atoms with E-state index in [1.165, 1.54) is 17.7 Å². The molecule has 4 heterocycles. The molecule has 0 aliphatic heterocycles. The second-order valence-corrected chi connectivity index (χ2v) is 12.5. The van der Waals surface area contributed by atoms with Gasteiger partial charge in [-0.3, -0.25) is 15.1 Å². The number of halogens is 1. The number of aromatic amines is 2. The van der Waals surface area contributed by atoms with Crippen LogP contribution < -0.4 is 20.6 Å². The summed E-state index contributed by atoms with van der Waals surface area (Å²) < 4.78 is 20.6. The summed E-state index contributed by atoms with van der Waals surface area (Å²) in [5.41, 5.74) is 8.33. The average molecular weight is 640 g/mol. The molecule has 9 heteroatoms. The maximum absolute atomic E-state index is 14.8. The fourth-order valence-electron chi connectivity index (χ4n) is 6.05. The van der Waals surface area contributed by atoms with Gasteiger partial charge in [-0.2, -0.15) is 5.10 Å². The van der Waals surface area contributed by atoms with E-state index in [0.29, 0.717) is 30.2 Å². The van der Waals surface area contributed by atoms with Crippen molar-refractivity contribution in [3.63, 3.8) is 0 Å². The highest BCUT2D eigenvalue weighted by Crippen LogP contribution is 2.32. The average Bonchev–Trinajstić information content (AvgIpc) is 3.64. The predicted molar refractivity (Wildman–Crippen MR) is 190 cm³/mol. The highest BCUT2D eigenvalue weighted by molar-refractivity contribution is 5.97. The first-order chi connectivity index (χ1) is 23.4. The largest absolute Gasteiger partial charge is 0.492 e. The SMILES string of the molecule is C[C@H]1C=C(c2cncc(CNCc3ccccc3)c2)C=c2c(-c3cc4c(-c5cc(F)cc(OCCN(C)C)c5)nccc4[nH]3)n[nH]c2=C1. The number of hydrogen-bond acceptors (Lipinski definition) is 6. The van der Waals surface area contributed by atoms with E-state index in [4.69, 9.17) is 9.84 Å². The molecule has 0 fully saturated rings. The van der Waals surface area contributed by atoms with E-state index in [-0.39, 0.29) is 11.7 Å². The Morgan fingerprint density at radius 2 is 1.77 bits per heavy atom. The Kier molecular flexibility index (Phi) is 8.96. The minimum Gasteiger partial charge on any atom is -0.492 e. The highest BCUT2D eigenvalue weighted by Gasteiger charge is 2.17. The van der Waals surface area contributed by atoms with Crippen molar-refractivity contribution in [1.29, 1.82) is 0 Å². The van der Waals surface area contributed by atoms with Crippen molar-refractivity contribution in [2.24, 2.45) is 5.92 Å². The zero-order chi connectivity index (χ0) is 33.0. The quantitative estimate of drug-likeness (QED) is 0.169. The number of benzene rings is 2. The molecular weight excluding hydrogens is 601 g/mol. The minimum atomic E-state index is -0.372. The molecule has 1 aliphatic carbocycles. The summed E-state index contributed by atoms with van der Waals surface area (Å²) in [5.74, 6) is 0.276. The summed E-state index contributed by atoms with van der Waals surface area (Å²) in [6.45, 7) is 4.86. The van der Waals surface area contributed by atoms with Crippen molar-refractivity contribution in [3.8, 4) is 28.4 Å². The number of hydrogen-bond donors (Lipinski definition) is 3. The molecule has 7 rings (SSSR count). The van der Waals surface area contributed by atoms with Gasteiger partial charge in [-0.15, -0.1) is 0 Å². The Morgan fingerprint density at radius 1 is 0.917 bits per heavy atom. The number of H-pyrrole nitrogens is 2. The summed E-state index contributed by atoms with van der Waals surface area (Å²) in [5, 5.41) is 14.4. The third kappa shape index (κ3) is 6.97. The molecule has 1 atom stereocenters. The number of ether oxygens (including phenoxy) is 1. The van der Waals surface area contributed by atoms with Crippen LogP contribution in [0.3, 0.4) is 0 Å². The summed E-state index contributed by atoms with van der Waals surface area (Å²) in [6.07, 6.45) is 12.2. The third-order valence-electron chi connectivity index (χ3n) is 8.39. The number of fused-ring (bicyclic) bond motifs is 2. The van der Waals surface area contributed by atoms with Crippen molar-refractivity contribution in [2.45, 2.75) is 20.0 Å². The molecule has 3 N–H and O–H groups in total. The van der Waals surface area contributed by atoms with Gasteiger partial charge in [-0.25, -0.2) is 4.39 Å². The van der Waals surface area contributed by atoms with Gasteiger partial charge in [0, 0.05) is 71.5 Å². The fraction of sp³-hybridized carbons (Fsp3) is 0.205. The van der Waals surface area contributed by atoms with Crippen LogP contribution in [0.15, 0.2) is 91.4 Å². The molecule has 0 spiro atoms. The van der Waals surface area contributed by atoms with E-state index in [9.17, 15) is 4.39 Å². The lowest BCUT2D eigenvalue weighted by Gasteiger charge is -2.12. The lowest BCUT2D eigenvalue weighted by Crippen LogP contribution is -2.24. The Bertz CT molecular complexity index is 2220. The Hall–Kier alpha value is -5.38. The zero-order valence-corrected chi connectivity index (χ0v) is 27.3. The second kappa shape index (κ2) is 13.8. The maximum atomic E-state index is 14.8. The molecule has 8 nitrogen and oxygen atoms in total. The standard InChI is InChI=1S/C39H38FN7O/c1-25-13-28(30-15-27(23-42-24-30)22-41-21-26-7-5-4-6-8-26)18-33-36(14-25)45-46-39(33)37-20-34-35(44-37)9-10-43-38(34)29-16-31(40)19-32(17-29)48-12-11-47(2)3/h4-10,13-20,23-25,41,44-45H,11-12,21-22H2,1-3H3/t25-/m0/s1. The minimum absolute atomic E-state index is 0.172. The third-order valence-corrected chi connectivity index (χ3v) is 8.39. The summed E-state index contributed by atoms with van der Waals surface area (Å²) in [7, 11) is 3.95. The van der Waals surface area contributed by atoms with E-state index in [1.54, 1.807) is 6.20 Å². The molecule has 48 heavy (non-hydrogen) atoms. The molecular formula is C39H38FN7O. The topological polar surface area (TPSA) is 94.8 Å². The summed E-state index contributed by atoms with van der Waals surface area (Å²) in [6, 6.07) is 21.3. The van der Waals surface area contributed by atoms with Crippen LogP contribution in [0.5, 0.6) is 5.75 Å².